The summed E-state index contributed by atoms with van der Waals surface area (Å²) in [5.74, 6) is -0.450. The first-order chi connectivity index (χ1) is 12.5. The van der Waals surface area contributed by atoms with Crippen molar-refractivity contribution < 1.29 is 14.3 Å². The molecule has 1 aromatic heterocycles. The van der Waals surface area contributed by atoms with Gasteiger partial charge in [0.15, 0.2) is 0 Å². The van der Waals surface area contributed by atoms with Crippen LogP contribution in [0.4, 0.5) is 16.2 Å². The zero-order valence-electron chi connectivity index (χ0n) is 14.6. The third-order valence-corrected chi connectivity index (χ3v) is 3.90. The number of rotatable bonds is 4. The number of aryl methyl sites for hydroxylation is 1. The number of anilines is 2. The second kappa shape index (κ2) is 7.23. The molecule has 0 aliphatic heterocycles. The number of hydrogen-bond acceptors (Lipinski definition) is 4. The lowest BCUT2D eigenvalue weighted by atomic mass is 10.1. The van der Waals surface area contributed by atoms with Gasteiger partial charge in [0, 0.05) is 11.1 Å². The molecule has 0 spiro atoms. The Hall–Kier alpha value is -3.41. The van der Waals surface area contributed by atoms with Crippen LogP contribution >= 0.6 is 0 Å². The minimum atomic E-state index is -0.651. The van der Waals surface area contributed by atoms with Gasteiger partial charge in [-0.2, -0.15) is 0 Å². The fourth-order valence-electron chi connectivity index (χ4n) is 2.84. The number of esters is 1. The monoisotopic (exact) mass is 349 g/mol. The zero-order valence-corrected chi connectivity index (χ0v) is 14.6. The zero-order chi connectivity index (χ0) is 18.7. The molecular formula is C20H19N3O3. The van der Waals surface area contributed by atoms with Crippen molar-refractivity contribution in [2.24, 2.45) is 5.73 Å². The van der Waals surface area contributed by atoms with Crippen LogP contribution in [0.2, 0.25) is 0 Å². The Labute approximate surface area is 151 Å². The molecule has 1 heterocycles. The van der Waals surface area contributed by atoms with Crippen LogP contribution in [0.5, 0.6) is 0 Å². The van der Waals surface area contributed by atoms with Gasteiger partial charge in [0.1, 0.15) is 0 Å². The average Bonchev–Trinajstić information content (AvgIpc) is 2.62. The summed E-state index contributed by atoms with van der Waals surface area (Å²) < 4.78 is 5.03. The maximum absolute atomic E-state index is 12.3. The first-order valence-corrected chi connectivity index (χ1v) is 8.24. The van der Waals surface area contributed by atoms with Gasteiger partial charge in [0.25, 0.3) is 0 Å². The Morgan fingerprint density at radius 3 is 2.62 bits per heavy atom. The Morgan fingerprint density at radius 1 is 1.12 bits per heavy atom. The van der Waals surface area contributed by atoms with Crippen molar-refractivity contribution in [3.63, 3.8) is 0 Å². The lowest BCUT2D eigenvalue weighted by Gasteiger charge is -2.23. The van der Waals surface area contributed by atoms with Crippen LogP contribution in [-0.4, -0.2) is 23.6 Å². The summed E-state index contributed by atoms with van der Waals surface area (Å²) in [5, 5.41) is 0.790. The summed E-state index contributed by atoms with van der Waals surface area (Å²) in [7, 11) is 0. The van der Waals surface area contributed by atoms with E-state index in [9.17, 15) is 9.59 Å². The van der Waals surface area contributed by atoms with E-state index < -0.39 is 12.0 Å². The summed E-state index contributed by atoms with van der Waals surface area (Å²) in [6.45, 7) is 3.87. The largest absolute Gasteiger partial charge is 0.462 e. The van der Waals surface area contributed by atoms with Crippen LogP contribution in [0, 0.1) is 6.92 Å². The summed E-state index contributed by atoms with van der Waals surface area (Å²) >= 11 is 0. The predicted molar refractivity (Wildman–Crippen MR) is 101 cm³/mol. The molecule has 0 radical (unpaired) electrons. The molecule has 0 fully saturated rings. The van der Waals surface area contributed by atoms with Crippen LogP contribution in [-0.2, 0) is 4.74 Å². The van der Waals surface area contributed by atoms with Gasteiger partial charge in [0.05, 0.1) is 29.1 Å². The third-order valence-electron chi connectivity index (χ3n) is 3.90. The van der Waals surface area contributed by atoms with Crippen molar-refractivity contribution in [3.05, 3.63) is 65.9 Å². The minimum Gasteiger partial charge on any atom is -0.462 e. The average molecular weight is 349 g/mol. The minimum absolute atomic E-state index is 0.275. The Bertz CT molecular complexity index is 985. The number of fused-ring (bicyclic) bond motifs is 1. The highest BCUT2D eigenvalue weighted by Crippen LogP contribution is 2.32. The number of nitrogens with zero attached hydrogens (tertiary/aromatic N) is 2. The molecule has 0 saturated heterocycles. The lowest BCUT2D eigenvalue weighted by Crippen LogP contribution is -2.32. The van der Waals surface area contributed by atoms with Crippen molar-refractivity contribution in [1.29, 1.82) is 0 Å². The maximum atomic E-state index is 12.3. The number of pyridine rings is 1. The molecule has 6 nitrogen and oxygen atoms in total. The van der Waals surface area contributed by atoms with Crippen molar-refractivity contribution >= 4 is 34.3 Å². The van der Waals surface area contributed by atoms with Gasteiger partial charge in [-0.1, -0.05) is 24.3 Å². The number of hydrogen-bond donors (Lipinski definition) is 1. The van der Waals surface area contributed by atoms with E-state index in [1.54, 1.807) is 37.3 Å². The molecule has 2 aromatic carbocycles. The van der Waals surface area contributed by atoms with E-state index in [4.69, 9.17) is 10.5 Å². The Kier molecular flexibility index (Phi) is 4.84. The molecule has 2 N–H and O–H groups in total. The summed E-state index contributed by atoms with van der Waals surface area (Å²) in [4.78, 5) is 30.2. The third kappa shape index (κ3) is 3.35. The van der Waals surface area contributed by atoms with Crippen LogP contribution in [0.1, 0.15) is 23.0 Å². The molecule has 0 aliphatic carbocycles. The van der Waals surface area contributed by atoms with Gasteiger partial charge in [-0.15, -0.1) is 0 Å². The van der Waals surface area contributed by atoms with Crippen molar-refractivity contribution in [2.75, 3.05) is 11.5 Å². The maximum Gasteiger partial charge on any atom is 0.338 e. The fourth-order valence-corrected chi connectivity index (χ4v) is 2.84. The number of aromatic nitrogens is 1. The fraction of sp³-hybridized carbons (Fsp3) is 0.150. The summed E-state index contributed by atoms with van der Waals surface area (Å²) in [6.07, 6.45) is 0. The molecule has 0 saturated carbocycles. The highest BCUT2D eigenvalue weighted by molar-refractivity contribution is 6.07. The number of benzene rings is 2. The van der Waals surface area contributed by atoms with Gasteiger partial charge in [-0.25, -0.2) is 9.59 Å². The topological polar surface area (TPSA) is 85.5 Å². The van der Waals surface area contributed by atoms with Crippen molar-refractivity contribution in [1.82, 2.24) is 4.98 Å². The lowest BCUT2D eigenvalue weighted by molar-refractivity contribution is 0.0526. The molecule has 2 amide bonds. The molecule has 132 valence electrons. The van der Waals surface area contributed by atoms with Crippen LogP contribution in [0.25, 0.3) is 10.9 Å². The van der Waals surface area contributed by atoms with Crippen LogP contribution < -0.4 is 10.6 Å². The van der Waals surface area contributed by atoms with E-state index in [1.807, 2.05) is 31.2 Å². The van der Waals surface area contributed by atoms with E-state index >= 15 is 0 Å². The van der Waals surface area contributed by atoms with E-state index in [-0.39, 0.29) is 6.61 Å². The standard InChI is InChI=1S/C20H19N3O3/c1-3-26-19(24)14-7-6-8-15(12-14)23(20(21)25)18-11-13(2)22-17-10-5-4-9-16(17)18/h4-12H,3H2,1-2H3,(H2,21,25). The first kappa shape index (κ1) is 17.4. The van der Waals surface area contributed by atoms with Gasteiger partial charge < -0.3 is 10.5 Å². The van der Waals surface area contributed by atoms with Crippen LogP contribution in [0.3, 0.4) is 0 Å². The normalized spacial score (nSPS) is 10.5. The number of ether oxygens (including phenoxy) is 1. The van der Waals surface area contributed by atoms with Gasteiger partial charge in [-0.05, 0) is 44.2 Å². The molecule has 3 rings (SSSR count). The summed E-state index contributed by atoms with van der Waals surface area (Å²) in [6, 6.07) is 15.3. The molecule has 0 bridgehead atoms. The number of amides is 2. The number of carbonyl (C=O) groups excluding carboxylic acids is 2. The Balaban J connectivity index is 2.17. The molecular weight excluding hydrogens is 330 g/mol. The molecule has 0 aliphatic rings. The first-order valence-electron chi connectivity index (χ1n) is 8.24. The van der Waals surface area contributed by atoms with Gasteiger partial charge >= 0.3 is 12.0 Å². The quantitative estimate of drug-likeness (QED) is 0.723. The highest BCUT2D eigenvalue weighted by Gasteiger charge is 2.20. The Morgan fingerprint density at radius 2 is 1.88 bits per heavy atom. The van der Waals surface area contributed by atoms with Crippen molar-refractivity contribution in [2.45, 2.75) is 13.8 Å². The second-order valence-electron chi connectivity index (χ2n) is 5.74. The van der Waals surface area contributed by atoms with Crippen LogP contribution in [0.15, 0.2) is 54.6 Å². The molecule has 26 heavy (non-hydrogen) atoms. The number of primary amides is 1. The number of nitrogens with two attached hydrogens (primary N) is 1. The second-order valence-corrected chi connectivity index (χ2v) is 5.74. The molecule has 0 unspecified atom stereocenters. The van der Waals surface area contributed by atoms with Gasteiger partial charge in [0.2, 0.25) is 0 Å². The van der Waals surface area contributed by atoms with E-state index in [1.165, 1.54) is 4.90 Å². The number of urea groups is 1. The van der Waals surface area contributed by atoms with E-state index in [0.29, 0.717) is 16.9 Å². The number of carbonyl (C=O) groups is 2. The number of para-hydroxylation sites is 1. The molecule has 3 aromatic rings. The van der Waals surface area contributed by atoms with Gasteiger partial charge in [-0.3, -0.25) is 9.88 Å². The van der Waals surface area contributed by atoms with E-state index in [2.05, 4.69) is 4.98 Å². The SMILES string of the molecule is CCOC(=O)c1cccc(N(C(N)=O)c2cc(C)nc3ccccc23)c1. The predicted octanol–water partition coefficient (Wildman–Crippen LogP) is 3.94. The summed E-state index contributed by atoms with van der Waals surface area (Å²) in [5.41, 5.74) is 8.64. The highest BCUT2D eigenvalue weighted by atomic mass is 16.5. The molecule has 0 atom stereocenters. The smallest absolute Gasteiger partial charge is 0.338 e. The van der Waals surface area contributed by atoms with Crippen molar-refractivity contribution in [3.8, 4) is 0 Å². The van der Waals surface area contributed by atoms with E-state index in [0.717, 1.165) is 16.6 Å². The molecule has 6 heteroatoms.